The minimum Gasteiger partial charge on any atom is -0.263 e. The van der Waals surface area contributed by atoms with Gasteiger partial charge in [-0.05, 0) is 50.2 Å². The van der Waals surface area contributed by atoms with E-state index in [1.54, 1.807) is 12.1 Å². The van der Waals surface area contributed by atoms with Crippen LogP contribution in [0.5, 0.6) is 0 Å². The van der Waals surface area contributed by atoms with E-state index in [2.05, 4.69) is 0 Å². The maximum absolute atomic E-state index is 13.5. The normalized spacial score (nSPS) is 13.5. The molecule has 2 rings (SSSR count). The molecule has 136 valence electrons. The Bertz CT molecular complexity index is 813. The smallest absolute Gasteiger partial charge is 0.263 e. The molecule has 0 N–H and O–H groups in total. The molecule has 0 aliphatic carbocycles. The van der Waals surface area contributed by atoms with Gasteiger partial charge in [-0.25, -0.2) is 12.8 Å². The third-order valence-corrected chi connectivity index (χ3v) is 5.32. The molecule has 3 nitrogen and oxygen atoms in total. The lowest BCUT2D eigenvalue weighted by Gasteiger charge is -2.25. The molecular weight excluding hydrogens is 358 g/mol. The van der Waals surface area contributed by atoms with E-state index in [0.717, 1.165) is 22.0 Å². The lowest BCUT2D eigenvalue weighted by Crippen LogP contribution is -2.35. The minimum atomic E-state index is -4.56. The first-order valence-electron chi connectivity index (χ1n) is 7.42. The summed E-state index contributed by atoms with van der Waals surface area (Å²) in [5.74, 6) is 0. The van der Waals surface area contributed by atoms with Crippen LogP contribution in [-0.2, 0) is 16.2 Å². The number of hydrogen-bond acceptors (Lipinski definition) is 2. The summed E-state index contributed by atoms with van der Waals surface area (Å²) in [5.41, 5.74) is 0.186. The molecule has 2 aromatic rings. The number of hydrogen-bond donors (Lipinski definition) is 0. The average Bonchev–Trinajstić information content (AvgIpc) is 2.52. The number of alkyl halides is 4. The summed E-state index contributed by atoms with van der Waals surface area (Å²) in [7, 11) is -4.20. The SMILES string of the molecule is Cc1ccc(N(CC(C)F)S(=O)(=O)c2ccc(C(F)(F)F)cc2)cc1. The zero-order valence-electron chi connectivity index (χ0n) is 13.6. The van der Waals surface area contributed by atoms with Gasteiger partial charge in [0.1, 0.15) is 6.17 Å². The number of aryl methyl sites for hydroxylation is 1. The topological polar surface area (TPSA) is 37.4 Å². The Morgan fingerprint density at radius 1 is 1.00 bits per heavy atom. The molecule has 0 amide bonds. The fourth-order valence-corrected chi connectivity index (χ4v) is 3.76. The minimum absolute atomic E-state index is 0.245. The molecule has 25 heavy (non-hydrogen) atoms. The van der Waals surface area contributed by atoms with Gasteiger partial charge in [0.05, 0.1) is 22.7 Å². The standard InChI is InChI=1S/C17H17F4NO2S/c1-12-3-7-15(8-4-12)22(11-13(2)18)25(23,24)16-9-5-14(6-10-16)17(19,20)21/h3-10,13H,11H2,1-2H3. The number of anilines is 1. The van der Waals surface area contributed by atoms with E-state index < -0.39 is 34.5 Å². The summed E-state index contributed by atoms with van der Waals surface area (Å²) < 4.78 is 77.9. The molecule has 0 aliphatic heterocycles. The van der Waals surface area contributed by atoms with Crippen molar-refractivity contribution in [1.29, 1.82) is 0 Å². The molecule has 0 spiro atoms. The van der Waals surface area contributed by atoms with Crippen molar-refractivity contribution in [3.63, 3.8) is 0 Å². The summed E-state index contributed by atoms with van der Waals surface area (Å²) >= 11 is 0. The molecule has 0 fully saturated rings. The van der Waals surface area contributed by atoms with E-state index in [1.165, 1.54) is 19.1 Å². The van der Waals surface area contributed by atoms with Crippen molar-refractivity contribution in [2.24, 2.45) is 0 Å². The Morgan fingerprint density at radius 3 is 1.96 bits per heavy atom. The van der Waals surface area contributed by atoms with Gasteiger partial charge in [0.15, 0.2) is 0 Å². The van der Waals surface area contributed by atoms with Crippen LogP contribution in [0.1, 0.15) is 18.1 Å². The van der Waals surface area contributed by atoms with E-state index in [9.17, 15) is 26.0 Å². The number of sulfonamides is 1. The van der Waals surface area contributed by atoms with Crippen LogP contribution < -0.4 is 4.31 Å². The van der Waals surface area contributed by atoms with Crippen LogP contribution in [0.3, 0.4) is 0 Å². The van der Waals surface area contributed by atoms with Crippen molar-refractivity contribution in [3.8, 4) is 0 Å². The molecule has 0 saturated heterocycles. The van der Waals surface area contributed by atoms with Crippen molar-refractivity contribution in [2.45, 2.75) is 31.1 Å². The molecule has 1 unspecified atom stereocenters. The predicted octanol–water partition coefficient (Wildman–Crippen LogP) is 4.57. The van der Waals surface area contributed by atoms with Gasteiger partial charge >= 0.3 is 6.18 Å². The van der Waals surface area contributed by atoms with Gasteiger partial charge in [-0.3, -0.25) is 4.31 Å². The second kappa shape index (κ2) is 7.03. The number of rotatable bonds is 5. The van der Waals surface area contributed by atoms with E-state index in [0.29, 0.717) is 12.1 Å². The van der Waals surface area contributed by atoms with Crippen LogP contribution in [-0.4, -0.2) is 21.1 Å². The molecule has 2 aromatic carbocycles. The van der Waals surface area contributed by atoms with E-state index in [1.807, 2.05) is 6.92 Å². The highest BCUT2D eigenvalue weighted by Crippen LogP contribution is 2.31. The van der Waals surface area contributed by atoms with Gasteiger partial charge in [0, 0.05) is 0 Å². The summed E-state index contributed by atoms with van der Waals surface area (Å²) in [6, 6.07) is 9.54. The molecule has 8 heteroatoms. The largest absolute Gasteiger partial charge is 0.416 e. The fraction of sp³-hybridized carbons (Fsp3) is 0.294. The Kier molecular flexibility index (Phi) is 5.41. The van der Waals surface area contributed by atoms with Crippen LogP contribution in [0.4, 0.5) is 23.2 Å². The van der Waals surface area contributed by atoms with Gasteiger partial charge < -0.3 is 0 Å². The Hall–Kier alpha value is -2.09. The van der Waals surface area contributed by atoms with Gasteiger partial charge in [0.2, 0.25) is 0 Å². The maximum atomic E-state index is 13.5. The summed E-state index contributed by atoms with van der Waals surface area (Å²) in [6.45, 7) is 2.59. The van der Waals surface area contributed by atoms with Gasteiger partial charge in [-0.2, -0.15) is 13.2 Å². The van der Waals surface area contributed by atoms with E-state index in [-0.39, 0.29) is 10.6 Å². The van der Waals surface area contributed by atoms with Crippen LogP contribution in [0.15, 0.2) is 53.4 Å². The van der Waals surface area contributed by atoms with Crippen molar-refractivity contribution in [3.05, 3.63) is 59.7 Å². The first kappa shape index (κ1) is 19.2. The molecule has 0 heterocycles. The van der Waals surface area contributed by atoms with Gasteiger partial charge in [0.25, 0.3) is 10.0 Å². The van der Waals surface area contributed by atoms with Crippen LogP contribution in [0, 0.1) is 6.92 Å². The van der Waals surface area contributed by atoms with Crippen LogP contribution in [0.2, 0.25) is 0 Å². The Labute approximate surface area is 143 Å². The first-order chi connectivity index (χ1) is 11.5. The van der Waals surface area contributed by atoms with Crippen LogP contribution >= 0.6 is 0 Å². The third kappa shape index (κ3) is 4.50. The average molecular weight is 375 g/mol. The van der Waals surface area contributed by atoms with Crippen molar-refractivity contribution >= 4 is 15.7 Å². The van der Waals surface area contributed by atoms with Crippen LogP contribution in [0.25, 0.3) is 0 Å². The monoisotopic (exact) mass is 375 g/mol. The zero-order valence-corrected chi connectivity index (χ0v) is 14.4. The highest BCUT2D eigenvalue weighted by Gasteiger charge is 2.32. The Balaban J connectivity index is 2.46. The molecule has 0 bridgehead atoms. The third-order valence-electron chi connectivity index (χ3n) is 3.51. The lowest BCUT2D eigenvalue weighted by atomic mass is 10.2. The highest BCUT2D eigenvalue weighted by molar-refractivity contribution is 7.92. The maximum Gasteiger partial charge on any atom is 0.416 e. The summed E-state index contributed by atoms with van der Waals surface area (Å²) in [5, 5.41) is 0. The number of benzene rings is 2. The molecule has 0 aromatic heterocycles. The number of nitrogens with zero attached hydrogens (tertiary/aromatic N) is 1. The first-order valence-corrected chi connectivity index (χ1v) is 8.86. The summed E-state index contributed by atoms with van der Waals surface area (Å²) in [6.07, 6.45) is -6.02. The lowest BCUT2D eigenvalue weighted by molar-refractivity contribution is -0.137. The second-order valence-corrected chi connectivity index (χ2v) is 7.54. The van der Waals surface area contributed by atoms with Crippen molar-refractivity contribution < 1.29 is 26.0 Å². The van der Waals surface area contributed by atoms with Crippen molar-refractivity contribution in [2.75, 3.05) is 10.8 Å². The fourth-order valence-electron chi connectivity index (χ4n) is 2.22. The second-order valence-electron chi connectivity index (χ2n) is 5.67. The number of halogens is 4. The molecule has 0 aliphatic rings. The molecule has 1 atom stereocenters. The van der Waals surface area contributed by atoms with E-state index >= 15 is 0 Å². The summed E-state index contributed by atoms with van der Waals surface area (Å²) in [4.78, 5) is -0.332. The Morgan fingerprint density at radius 2 is 1.52 bits per heavy atom. The molecule has 0 radical (unpaired) electrons. The molecular formula is C17H17F4NO2S. The predicted molar refractivity (Wildman–Crippen MR) is 87.7 cm³/mol. The van der Waals surface area contributed by atoms with Gasteiger partial charge in [-0.15, -0.1) is 0 Å². The van der Waals surface area contributed by atoms with E-state index in [4.69, 9.17) is 0 Å². The van der Waals surface area contributed by atoms with Gasteiger partial charge in [-0.1, -0.05) is 17.7 Å². The quantitative estimate of drug-likeness (QED) is 0.718. The van der Waals surface area contributed by atoms with Crippen molar-refractivity contribution in [1.82, 2.24) is 0 Å². The zero-order chi connectivity index (χ0) is 18.8. The molecule has 0 saturated carbocycles. The highest BCUT2D eigenvalue weighted by atomic mass is 32.2.